The first-order valence-corrected chi connectivity index (χ1v) is 21.4. The fourth-order valence-corrected chi connectivity index (χ4v) is 9.87. The number of hydrogen-bond acceptors (Lipinski definition) is 9. The number of para-hydroxylation sites is 1. The zero-order chi connectivity index (χ0) is 45.2. The second kappa shape index (κ2) is 17.8. The Kier molecular flexibility index (Phi) is 11.7. The number of cyclic esters (lactones) is 1. The first-order chi connectivity index (χ1) is 31.7. The number of amides is 4. The van der Waals surface area contributed by atoms with Crippen LogP contribution in [0.25, 0.3) is 0 Å². The normalized spacial score (nSPS) is 22.5. The Morgan fingerprint density at radius 2 is 1.42 bits per heavy atom. The second-order valence-electron chi connectivity index (χ2n) is 16.2. The van der Waals surface area contributed by atoms with Crippen molar-refractivity contribution in [1.29, 1.82) is 0 Å². The van der Waals surface area contributed by atoms with Crippen LogP contribution in [0, 0.1) is 17.8 Å². The summed E-state index contributed by atoms with van der Waals surface area (Å²) in [6.07, 6.45) is -0.928. The molecular weight excluding hydrogens is 821 g/mol. The predicted molar refractivity (Wildman–Crippen MR) is 243 cm³/mol. The van der Waals surface area contributed by atoms with E-state index in [2.05, 4.69) is 17.2 Å². The molecule has 6 aromatic rings. The van der Waals surface area contributed by atoms with Crippen molar-refractivity contribution in [2.75, 3.05) is 25.2 Å². The molecular formula is C53H46N4O8. The van der Waals surface area contributed by atoms with E-state index >= 15 is 9.59 Å². The lowest BCUT2D eigenvalue weighted by Gasteiger charge is -2.46. The number of nitrogens with one attached hydrogen (secondary N) is 1. The first kappa shape index (κ1) is 42.6. The van der Waals surface area contributed by atoms with E-state index in [-0.39, 0.29) is 24.5 Å². The quantitative estimate of drug-likeness (QED) is 0.0966. The van der Waals surface area contributed by atoms with E-state index in [1.54, 1.807) is 61.7 Å². The molecule has 9 rings (SSSR count). The lowest BCUT2D eigenvalue weighted by molar-refractivity contribution is -0.178. The van der Waals surface area contributed by atoms with Gasteiger partial charge in [0.2, 0.25) is 11.8 Å². The molecule has 0 saturated carbocycles. The molecule has 1 spiro atoms. The van der Waals surface area contributed by atoms with Crippen LogP contribution in [0.1, 0.15) is 70.1 Å². The van der Waals surface area contributed by atoms with E-state index in [0.717, 1.165) is 16.0 Å². The third-order valence-electron chi connectivity index (χ3n) is 12.6. The van der Waals surface area contributed by atoms with E-state index in [0.29, 0.717) is 33.8 Å². The van der Waals surface area contributed by atoms with Crippen molar-refractivity contribution in [1.82, 2.24) is 10.2 Å². The third kappa shape index (κ3) is 7.44. The number of aliphatic hydroxyl groups is 1. The number of nitrogens with zero attached hydrogens (tertiary/aromatic N) is 2. The van der Waals surface area contributed by atoms with Crippen molar-refractivity contribution in [3.8, 4) is 23.3 Å². The molecule has 3 aliphatic rings. The van der Waals surface area contributed by atoms with E-state index in [1.807, 2.05) is 115 Å². The number of hydrogen-bond donors (Lipinski definition) is 3. The zero-order valence-corrected chi connectivity index (χ0v) is 35.7. The Morgan fingerprint density at radius 1 is 0.800 bits per heavy atom. The number of urea groups is 1. The number of esters is 1. The van der Waals surface area contributed by atoms with Crippen molar-refractivity contribution >= 4 is 29.5 Å². The largest absolute Gasteiger partial charge is 0.497 e. The fraction of sp³-hybridized carbons (Fsp3) is 0.208. The van der Waals surface area contributed by atoms with Crippen LogP contribution in [0.4, 0.5) is 10.5 Å². The summed E-state index contributed by atoms with van der Waals surface area (Å²) in [6, 6.07) is 42.6. The summed E-state index contributed by atoms with van der Waals surface area (Å²) in [4.78, 5) is 63.9. The van der Waals surface area contributed by atoms with Gasteiger partial charge in [-0.1, -0.05) is 121 Å². The highest BCUT2D eigenvalue weighted by atomic mass is 16.6. The molecule has 3 heterocycles. The van der Waals surface area contributed by atoms with Crippen LogP contribution >= 0.6 is 0 Å². The van der Waals surface area contributed by atoms with E-state index in [9.17, 15) is 14.7 Å². The van der Waals surface area contributed by atoms with Gasteiger partial charge in [0.25, 0.3) is 0 Å². The van der Waals surface area contributed by atoms with Crippen molar-refractivity contribution in [2.24, 2.45) is 11.7 Å². The number of fused-ring (bicyclic) bond motifs is 3. The Bertz CT molecular complexity index is 2810. The summed E-state index contributed by atoms with van der Waals surface area (Å²) >= 11 is 0. The number of anilines is 1. The zero-order valence-electron chi connectivity index (χ0n) is 35.7. The highest BCUT2D eigenvalue weighted by molar-refractivity contribution is 6.24. The van der Waals surface area contributed by atoms with Crippen LogP contribution in [-0.4, -0.2) is 60.2 Å². The molecule has 2 fully saturated rings. The Morgan fingerprint density at radius 3 is 2.08 bits per heavy atom. The molecule has 2 saturated heterocycles. The number of morpholine rings is 1. The summed E-state index contributed by atoms with van der Waals surface area (Å²) in [7, 11) is 1.58. The molecule has 12 nitrogen and oxygen atoms in total. The standard InChI is InChI=1S/C53H46N4O8/c1-33(36-14-6-3-7-15-36)55-52(62)56-42-29-26-35(23-22-34-24-27-39(63-2)28-25-34)32-41(42)53(51(56)61)44(49(54)59)46-50(60)65-47(38-18-10-5-11-19-38)45(37-16-8-4-9-17-37)57(46)48(53)40-20-12-13-21-43(40)64-31-30-58/h3-21,24-29,32-33,44-48,58H,30-31H2,1-2H3,(H2,54,59)(H,55,62). The smallest absolute Gasteiger partial charge is 0.329 e. The van der Waals surface area contributed by atoms with E-state index in [4.69, 9.17) is 19.9 Å². The number of benzene rings is 6. The highest BCUT2D eigenvalue weighted by Gasteiger charge is 2.75. The number of aliphatic hydroxyl groups excluding tert-OH is 1. The van der Waals surface area contributed by atoms with Crippen LogP contribution in [0.2, 0.25) is 0 Å². The molecule has 3 aliphatic heterocycles. The van der Waals surface area contributed by atoms with Crippen molar-refractivity contribution in [3.05, 3.63) is 197 Å². The summed E-state index contributed by atoms with van der Waals surface area (Å²) in [5.41, 5.74) is 8.72. The lowest BCUT2D eigenvalue weighted by atomic mass is 9.65. The molecule has 7 unspecified atom stereocenters. The number of methoxy groups -OCH3 is 1. The Balaban J connectivity index is 1.33. The van der Waals surface area contributed by atoms with Gasteiger partial charge in [-0.05, 0) is 77.7 Å². The maximum atomic E-state index is 16.3. The average Bonchev–Trinajstić information content (AvgIpc) is 3.80. The molecule has 12 heteroatoms. The molecule has 6 aromatic carbocycles. The second-order valence-corrected chi connectivity index (χ2v) is 16.2. The van der Waals surface area contributed by atoms with Crippen molar-refractivity contribution in [2.45, 2.75) is 42.6 Å². The summed E-state index contributed by atoms with van der Waals surface area (Å²) in [5, 5.41) is 13.0. The number of carbonyl (C=O) groups excluding carboxylic acids is 4. The Hall–Kier alpha value is -7.72. The molecule has 4 N–H and O–H groups in total. The maximum Gasteiger partial charge on any atom is 0.329 e. The third-order valence-corrected chi connectivity index (χ3v) is 12.6. The van der Waals surface area contributed by atoms with Gasteiger partial charge in [0.15, 0.2) is 0 Å². The average molecular weight is 867 g/mol. The maximum absolute atomic E-state index is 16.3. The van der Waals surface area contributed by atoms with Gasteiger partial charge < -0.3 is 30.4 Å². The Labute approximate surface area is 376 Å². The van der Waals surface area contributed by atoms with Crippen molar-refractivity contribution in [3.63, 3.8) is 0 Å². The molecule has 0 aliphatic carbocycles. The van der Waals surface area contributed by atoms with Crippen LogP contribution in [0.5, 0.6) is 11.5 Å². The summed E-state index contributed by atoms with van der Waals surface area (Å²) in [5.74, 6) is 3.27. The minimum absolute atomic E-state index is 0.0995. The molecule has 0 bridgehead atoms. The first-order valence-electron chi connectivity index (χ1n) is 21.4. The fourth-order valence-electron chi connectivity index (χ4n) is 9.87. The number of primary amides is 1. The van der Waals surface area contributed by atoms with Crippen LogP contribution in [-0.2, 0) is 24.5 Å². The number of rotatable bonds is 10. The number of imide groups is 1. The number of nitrogens with two attached hydrogens (primary N) is 1. The van der Waals surface area contributed by atoms with Gasteiger partial charge in [-0.25, -0.2) is 9.69 Å². The van der Waals surface area contributed by atoms with Gasteiger partial charge in [-0.3, -0.25) is 19.3 Å². The van der Waals surface area contributed by atoms with Gasteiger partial charge in [0, 0.05) is 16.7 Å². The molecule has 4 amide bonds. The van der Waals surface area contributed by atoms with Crippen molar-refractivity contribution < 1.29 is 38.5 Å². The van der Waals surface area contributed by atoms with Gasteiger partial charge in [0.1, 0.15) is 35.7 Å². The molecule has 326 valence electrons. The van der Waals surface area contributed by atoms with Gasteiger partial charge >= 0.3 is 12.0 Å². The minimum atomic E-state index is -2.08. The molecule has 65 heavy (non-hydrogen) atoms. The number of ether oxygens (including phenoxy) is 3. The SMILES string of the molecule is COc1ccc(C#Cc2ccc3c(c2)C2(C(=O)N3C(=O)NC(C)c3ccccc3)C(C(N)=O)C3C(=O)OC(c4ccccc4)C(c4ccccc4)N3C2c2ccccc2OCCO)cc1. The highest BCUT2D eigenvalue weighted by Crippen LogP contribution is 2.66. The minimum Gasteiger partial charge on any atom is -0.497 e. The van der Waals surface area contributed by atoms with Gasteiger partial charge in [-0.15, -0.1) is 0 Å². The van der Waals surface area contributed by atoms with E-state index < -0.39 is 65.4 Å². The molecule has 7 atom stereocenters. The van der Waals surface area contributed by atoms with Crippen LogP contribution in [0.3, 0.4) is 0 Å². The van der Waals surface area contributed by atoms with E-state index in [1.165, 1.54) is 0 Å². The van der Waals surface area contributed by atoms with Gasteiger partial charge in [0.05, 0.1) is 43.4 Å². The predicted octanol–water partition coefficient (Wildman–Crippen LogP) is 7.09. The summed E-state index contributed by atoms with van der Waals surface area (Å²) < 4.78 is 18.0. The topological polar surface area (TPSA) is 161 Å². The van der Waals surface area contributed by atoms with Crippen LogP contribution in [0.15, 0.2) is 158 Å². The summed E-state index contributed by atoms with van der Waals surface area (Å²) in [6.45, 7) is 1.39. The lowest BCUT2D eigenvalue weighted by Crippen LogP contribution is -2.55. The monoisotopic (exact) mass is 866 g/mol. The van der Waals surface area contributed by atoms with Crippen LogP contribution < -0.4 is 25.4 Å². The molecule has 0 aromatic heterocycles. The number of carbonyl (C=O) groups is 4. The van der Waals surface area contributed by atoms with Gasteiger partial charge in [-0.2, -0.15) is 0 Å². The molecule has 0 radical (unpaired) electrons.